The Labute approximate surface area is 199 Å². The van der Waals surface area contributed by atoms with Gasteiger partial charge in [-0.05, 0) is 44.9 Å². The quantitative estimate of drug-likeness (QED) is 0.279. The second-order valence-corrected chi connectivity index (χ2v) is 8.80. The van der Waals surface area contributed by atoms with Crippen LogP contribution in [0, 0.1) is 36.5 Å². The van der Waals surface area contributed by atoms with E-state index in [0.29, 0.717) is 25.3 Å². The number of hydrogen-bond acceptors (Lipinski definition) is 4. The predicted molar refractivity (Wildman–Crippen MR) is 131 cm³/mol. The molecule has 0 aromatic rings. The van der Waals surface area contributed by atoms with Crippen molar-refractivity contribution in [3.8, 4) is 24.7 Å². The number of carbonyl (C=O) groups excluding carboxylic acids is 3. The van der Waals surface area contributed by atoms with Crippen molar-refractivity contribution in [3.63, 3.8) is 0 Å². The van der Waals surface area contributed by atoms with E-state index in [4.69, 9.17) is 17.6 Å². The molecule has 0 spiro atoms. The number of hydrogen-bond donors (Lipinski definition) is 1. The van der Waals surface area contributed by atoms with Crippen LogP contribution in [0.15, 0.2) is 12.0 Å². The molecule has 0 aromatic carbocycles. The molecular formula is C27H40N2O4. The first-order chi connectivity index (χ1) is 15.9. The number of carbonyl (C=O) groups is 3. The average Bonchev–Trinajstić information content (AvgIpc) is 3.13. The normalized spacial score (nSPS) is 17.0. The molecule has 6 nitrogen and oxygen atoms in total. The van der Waals surface area contributed by atoms with E-state index in [0.717, 1.165) is 57.8 Å². The van der Waals surface area contributed by atoms with Gasteiger partial charge >= 0.3 is 0 Å². The number of amides is 2. The minimum atomic E-state index is -0.536. The Hall–Kier alpha value is -2.73. The number of ketones is 1. The molecule has 1 heterocycles. The molecule has 6 heteroatoms. The van der Waals surface area contributed by atoms with Gasteiger partial charge in [-0.1, -0.05) is 26.7 Å². The molecule has 0 fully saturated rings. The number of nitrogens with one attached hydrogen (secondary N) is 1. The minimum absolute atomic E-state index is 0.0390. The molecule has 33 heavy (non-hydrogen) atoms. The van der Waals surface area contributed by atoms with Crippen LogP contribution in [0.3, 0.4) is 0 Å². The van der Waals surface area contributed by atoms with E-state index >= 15 is 0 Å². The first-order valence-electron chi connectivity index (χ1n) is 12.1. The topological polar surface area (TPSA) is 75.7 Å². The van der Waals surface area contributed by atoms with Crippen molar-refractivity contribution in [3.05, 3.63) is 12.0 Å². The van der Waals surface area contributed by atoms with Gasteiger partial charge in [0.15, 0.2) is 11.7 Å². The Balaban J connectivity index is 2.46. The molecule has 0 aromatic heterocycles. The molecule has 1 aliphatic heterocycles. The van der Waals surface area contributed by atoms with Crippen molar-refractivity contribution < 1.29 is 19.1 Å². The van der Waals surface area contributed by atoms with Gasteiger partial charge in [-0.3, -0.25) is 19.3 Å². The Bertz CT molecular complexity index is 759. The predicted octanol–water partition coefficient (Wildman–Crippen LogP) is 4.20. The van der Waals surface area contributed by atoms with Crippen molar-refractivity contribution in [1.29, 1.82) is 0 Å². The Morgan fingerprint density at radius 3 is 2.21 bits per heavy atom. The van der Waals surface area contributed by atoms with Crippen LogP contribution in [0.4, 0.5) is 0 Å². The number of rotatable bonds is 16. The molecule has 1 rings (SSSR count). The van der Waals surface area contributed by atoms with Crippen LogP contribution in [0.5, 0.6) is 0 Å². The van der Waals surface area contributed by atoms with Crippen LogP contribution in [0.2, 0.25) is 0 Å². The van der Waals surface area contributed by atoms with Gasteiger partial charge < -0.3 is 10.1 Å². The van der Waals surface area contributed by atoms with E-state index in [-0.39, 0.29) is 29.4 Å². The molecule has 2 amide bonds. The third-order valence-electron chi connectivity index (χ3n) is 6.08. The van der Waals surface area contributed by atoms with E-state index in [1.807, 2.05) is 13.8 Å². The lowest BCUT2D eigenvalue weighted by molar-refractivity contribution is -0.140. The number of ether oxygens (including phenoxy) is 1. The molecule has 3 atom stereocenters. The summed E-state index contributed by atoms with van der Waals surface area (Å²) in [4.78, 5) is 39.3. The maximum atomic E-state index is 13.1. The standard InChI is InChI=1S/C27H40N2O4/c1-6-8-10-12-16-21(3)26(31)28-19-15-14-18-23-24(30)20-25(33-5)29(23)27(32)22(4)17-13-11-9-7-2/h1-2,20-23H,8-19H2,3-5H3,(H,28,31)/t21-,22-,23-/m1/s1. The zero-order valence-electron chi connectivity index (χ0n) is 20.5. The zero-order chi connectivity index (χ0) is 24.6. The first kappa shape index (κ1) is 28.3. The molecular weight excluding hydrogens is 416 g/mol. The lowest BCUT2D eigenvalue weighted by Crippen LogP contribution is -2.42. The first-order valence-corrected chi connectivity index (χ1v) is 12.1. The van der Waals surface area contributed by atoms with Crippen molar-refractivity contribution >= 4 is 17.6 Å². The summed E-state index contributed by atoms with van der Waals surface area (Å²) in [6, 6.07) is -0.536. The van der Waals surface area contributed by atoms with Crippen LogP contribution >= 0.6 is 0 Å². The van der Waals surface area contributed by atoms with Crippen LogP contribution in [-0.4, -0.2) is 42.2 Å². The largest absolute Gasteiger partial charge is 0.482 e. The molecule has 0 aliphatic carbocycles. The van der Waals surface area contributed by atoms with E-state index < -0.39 is 6.04 Å². The molecule has 182 valence electrons. The van der Waals surface area contributed by atoms with Gasteiger partial charge in [-0.25, -0.2) is 0 Å². The van der Waals surface area contributed by atoms with Gasteiger partial charge in [0.2, 0.25) is 11.8 Å². The fraction of sp³-hybridized carbons (Fsp3) is 0.667. The Morgan fingerprint density at radius 1 is 1.03 bits per heavy atom. The van der Waals surface area contributed by atoms with Gasteiger partial charge in [0.25, 0.3) is 0 Å². The molecule has 0 saturated heterocycles. The number of nitrogens with zero attached hydrogens (tertiary/aromatic N) is 1. The van der Waals surface area contributed by atoms with Crippen LogP contribution in [0.25, 0.3) is 0 Å². The van der Waals surface area contributed by atoms with E-state index in [2.05, 4.69) is 17.2 Å². The lowest BCUT2D eigenvalue weighted by Gasteiger charge is -2.28. The summed E-state index contributed by atoms with van der Waals surface area (Å²) in [6.07, 6.45) is 20.6. The third-order valence-corrected chi connectivity index (χ3v) is 6.08. The van der Waals surface area contributed by atoms with Gasteiger partial charge in [-0.15, -0.1) is 24.7 Å². The SMILES string of the molecule is C#CCCCC[C@@H](C)C(=O)NCCCC[C@@H]1C(=O)C=C(OC)N1C(=O)[C@H](C)CCCCC#C. The van der Waals surface area contributed by atoms with E-state index in [9.17, 15) is 14.4 Å². The number of unbranched alkanes of at least 4 members (excludes halogenated alkanes) is 5. The van der Waals surface area contributed by atoms with Crippen LogP contribution < -0.4 is 5.32 Å². The lowest BCUT2D eigenvalue weighted by atomic mass is 9.99. The minimum Gasteiger partial charge on any atom is -0.482 e. The van der Waals surface area contributed by atoms with Gasteiger partial charge in [0.1, 0.15) is 6.04 Å². The van der Waals surface area contributed by atoms with Gasteiger partial charge in [0.05, 0.1) is 7.11 Å². The van der Waals surface area contributed by atoms with Crippen molar-refractivity contribution in [2.75, 3.05) is 13.7 Å². The Kier molecular flexibility index (Phi) is 13.7. The highest BCUT2D eigenvalue weighted by Crippen LogP contribution is 2.27. The van der Waals surface area contributed by atoms with E-state index in [1.54, 1.807) is 0 Å². The molecule has 1 aliphatic rings. The highest BCUT2D eigenvalue weighted by atomic mass is 16.5. The van der Waals surface area contributed by atoms with E-state index in [1.165, 1.54) is 18.1 Å². The van der Waals surface area contributed by atoms with Crippen LogP contribution in [-0.2, 0) is 19.1 Å². The van der Waals surface area contributed by atoms with Crippen molar-refractivity contribution in [2.24, 2.45) is 11.8 Å². The van der Waals surface area contributed by atoms with Crippen LogP contribution in [0.1, 0.15) is 84.5 Å². The van der Waals surface area contributed by atoms with Gasteiger partial charge in [0, 0.05) is 37.3 Å². The highest BCUT2D eigenvalue weighted by molar-refractivity contribution is 6.01. The maximum absolute atomic E-state index is 13.1. The summed E-state index contributed by atoms with van der Waals surface area (Å²) in [7, 11) is 1.47. The highest BCUT2D eigenvalue weighted by Gasteiger charge is 2.39. The van der Waals surface area contributed by atoms with Gasteiger partial charge in [-0.2, -0.15) is 0 Å². The maximum Gasteiger partial charge on any atom is 0.232 e. The zero-order valence-corrected chi connectivity index (χ0v) is 20.5. The summed E-state index contributed by atoms with van der Waals surface area (Å²) >= 11 is 0. The third kappa shape index (κ3) is 9.74. The second-order valence-electron chi connectivity index (χ2n) is 8.80. The fourth-order valence-electron chi connectivity index (χ4n) is 3.95. The fourth-order valence-corrected chi connectivity index (χ4v) is 3.95. The average molecular weight is 457 g/mol. The summed E-state index contributed by atoms with van der Waals surface area (Å²) in [5.74, 6) is 5.14. The summed E-state index contributed by atoms with van der Waals surface area (Å²) in [5, 5.41) is 2.97. The summed E-state index contributed by atoms with van der Waals surface area (Å²) in [6.45, 7) is 4.37. The number of methoxy groups -OCH3 is 1. The summed E-state index contributed by atoms with van der Waals surface area (Å²) < 4.78 is 5.32. The van der Waals surface area contributed by atoms with Crippen molar-refractivity contribution in [2.45, 2.75) is 90.5 Å². The second kappa shape index (κ2) is 16.0. The molecule has 0 unspecified atom stereocenters. The monoisotopic (exact) mass is 456 g/mol. The smallest absolute Gasteiger partial charge is 0.232 e. The molecule has 0 saturated carbocycles. The van der Waals surface area contributed by atoms with Crippen molar-refractivity contribution in [1.82, 2.24) is 10.2 Å². The Morgan fingerprint density at radius 2 is 1.64 bits per heavy atom. The molecule has 0 bridgehead atoms. The number of terminal acetylenes is 2. The molecule has 1 N–H and O–H groups in total. The summed E-state index contributed by atoms with van der Waals surface area (Å²) in [5.41, 5.74) is 0. The molecule has 0 radical (unpaired) electrons.